The maximum absolute atomic E-state index is 12.2. The molecule has 0 atom stereocenters. The van der Waals surface area contributed by atoms with Gasteiger partial charge >= 0.3 is 0 Å². The lowest BCUT2D eigenvalue weighted by Gasteiger charge is -2.10. The number of carbonyl (C=O) groups is 1. The number of unbranched alkanes of at least 4 members (excludes halogenated alkanes) is 1. The Bertz CT molecular complexity index is 722. The molecule has 1 heterocycles. The van der Waals surface area contributed by atoms with Gasteiger partial charge in [0.15, 0.2) is 5.16 Å². The minimum Gasteiger partial charge on any atom is -0.325 e. The summed E-state index contributed by atoms with van der Waals surface area (Å²) in [4.78, 5) is 16.8. The number of amides is 1. The van der Waals surface area contributed by atoms with E-state index in [1.807, 2.05) is 25.1 Å². The van der Waals surface area contributed by atoms with Gasteiger partial charge in [-0.15, -0.1) is 0 Å². The highest BCUT2D eigenvalue weighted by Gasteiger charge is 2.13. The summed E-state index contributed by atoms with van der Waals surface area (Å²) < 4.78 is 2.23. The van der Waals surface area contributed by atoms with Crippen LogP contribution in [0.2, 0.25) is 0 Å². The zero-order valence-corrected chi connectivity index (χ0v) is 16.1. The van der Waals surface area contributed by atoms with E-state index >= 15 is 0 Å². The van der Waals surface area contributed by atoms with Crippen molar-refractivity contribution in [3.05, 3.63) is 40.7 Å². The number of imidazole rings is 1. The number of nitrogens with one attached hydrogen (secondary N) is 1. The van der Waals surface area contributed by atoms with Gasteiger partial charge < -0.3 is 9.88 Å². The van der Waals surface area contributed by atoms with Crippen molar-refractivity contribution in [2.45, 2.75) is 59.2 Å². The van der Waals surface area contributed by atoms with Crippen molar-refractivity contribution in [3.8, 4) is 0 Å². The van der Waals surface area contributed by atoms with Crippen LogP contribution in [0.4, 0.5) is 5.69 Å². The highest BCUT2D eigenvalue weighted by atomic mass is 32.2. The molecule has 0 saturated carbocycles. The zero-order chi connectivity index (χ0) is 17.7. The normalized spacial score (nSPS) is 10.9. The number of rotatable bonds is 7. The van der Waals surface area contributed by atoms with Crippen LogP contribution >= 0.6 is 11.8 Å². The molecule has 1 aromatic heterocycles. The summed E-state index contributed by atoms with van der Waals surface area (Å²) in [5.74, 6) is 0.373. The number of carbonyl (C=O) groups excluding carboxylic acids is 1. The second-order valence-corrected chi connectivity index (χ2v) is 7.15. The first-order valence-corrected chi connectivity index (χ1v) is 9.44. The third-order valence-electron chi connectivity index (χ3n) is 4.28. The molecule has 4 nitrogen and oxygen atoms in total. The predicted molar refractivity (Wildman–Crippen MR) is 102 cm³/mol. The summed E-state index contributed by atoms with van der Waals surface area (Å²) in [6.07, 6.45) is 2.27. The maximum atomic E-state index is 12.2. The van der Waals surface area contributed by atoms with E-state index in [0.717, 1.165) is 35.9 Å². The Morgan fingerprint density at radius 3 is 2.62 bits per heavy atom. The Labute approximate surface area is 149 Å². The molecule has 24 heavy (non-hydrogen) atoms. The summed E-state index contributed by atoms with van der Waals surface area (Å²) in [6.45, 7) is 11.4. The molecule has 0 aliphatic carbocycles. The summed E-state index contributed by atoms with van der Waals surface area (Å²) in [6, 6.07) is 5.98. The number of aromatic nitrogens is 2. The van der Waals surface area contributed by atoms with Gasteiger partial charge in [0.2, 0.25) is 5.91 Å². The van der Waals surface area contributed by atoms with E-state index in [2.05, 4.69) is 42.6 Å². The molecule has 0 fully saturated rings. The lowest BCUT2D eigenvalue weighted by Crippen LogP contribution is -2.15. The first-order valence-electron chi connectivity index (χ1n) is 8.46. The number of hydrogen-bond acceptors (Lipinski definition) is 3. The Balaban J connectivity index is 1.98. The van der Waals surface area contributed by atoms with Gasteiger partial charge in [0.25, 0.3) is 0 Å². The van der Waals surface area contributed by atoms with Gasteiger partial charge in [-0.3, -0.25) is 4.79 Å². The predicted octanol–water partition coefficient (Wildman–Crippen LogP) is 4.65. The van der Waals surface area contributed by atoms with E-state index < -0.39 is 0 Å². The third kappa shape index (κ3) is 4.63. The number of nitrogens with zero attached hydrogens (tertiary/aromatic N) is 2. The van der Waals surface area contributed by atoms with E-state index in [0.29, 0.717) is 5.75 Å². The average molecular weight is 346 g/mol. The molecule has 0 aliphatic rings. The van der Waals surface area contributed by atoms with E-state index in [1.165, 1.54) is 28.6 Å². The molecule has 1 aromatic carbocycles. The van der Waals surface area contributed by atoms with Crippen LogP contribution in [0.25, 0.3) is 0 Å². The van der Waals surface area contributed by atoms with Crippen LogP contribution in [0.1, 0.15) is 42.3 Å². The van der Waals surface area contributed by atoms with Crippen molar-refractivity contribution in [1.29, 1.82) is 0 Å². The van der Waals surface area contributed by atoms with Crippen molar-refractivity contribution in [1.82, 2.24) is 9.55 Å². The summed E-state index contributed by atoms with van der Waals surface area (Å²) in [5.41, 5.74) is 5.50. The van der Waals surface area contributed by atoms with Crippen LogP contribution in [0.5, 0.6) is 0 Å². The number of aryl methyl sites for hydroxylation is 3. The molecule has 0 saturated heterocycles. The monoisotopic (exact) mass is 345 g/mol. The van der Waals surface area contributed by atoms with Crippen LogP contribution in [-0.4, -0.2) is 21.2 Å². The van der Waals surface area contributed by atoms with Gasteiger partial charge in [0.1, 0.15) is 0 Å². The molecule has 0 spiro atoms. The molecule has 0 radical (unpaired) electrons. The summed E-state index contributed by atoms with van der Waals surface area (Å²) in [5, 5.41) is 3.91. The molecule has 0 bridgehead atoms. The van der Waals surface area contributed by atoms with Crippen LogP contribution in [0.3, 0.4) is 0 Å². The Morgan fingerprint density at radius 1 is 1.21 bits per heavy atom. The molecular formula is C19H27N3OS. The molecule has 0 aliphatic heterocycles. The minimum atomic E-state index is 0.00333. The number of hydrogen-bond donors (Lipinski definition) is 1. The molecule has 2 aromatic rings. The molecule has 1 amide bonds. The van der Waals surface area contributed by atoms with Crippen molar-refractivity contribution in [2.75, 3.05) is 11.1 Å². The van der Waals surface area contributed by atoms with Gasteiger partial charge in [-0.2, -0.15) is 0 Å². The zero-order valence-electron chi connectivity index (χ0n) is 15.3. The highest BCUT2D eigenvalue weighted by molar-refractivity contribution is 7.99. The summed E-state index contributed by atoms with van der Waals surface area (Å²) >= 11 is 1.51. The lowest BCUT2D eigenvalue weighted by molar-refractivity contribution is -0.113. The van der Waals surface area contributed by atoms with Crippen LogP contribution in [0.15, 0.2) is 23.4 Å². The van der Waals surface area contributed by atoms with Crippen LogP contribution in [-0.2, 0) is 11.3 Å². The van der Waals surface area contributed by atoms with Gasteiger partial charge in [0, 0.05) is 17.9 Å². The first-order chi connectivity index (χ1) is 11.4. The first kappa shape index (κ1) is 18.6. The molecule has 130 valence electrons. The van der Waals surface area contributed by atoms with Gasteiger partial charge in [-0.25, -0.2) is 4.98 Å². The summed E-state index contributed by atoms with van der Waals surface area (Å²) in [7, 11) is 0. The van der Waals surface area contributed by atoms with Crippen molar-refractivity contribution >= 4 is 23.4 Å². The van der Waals surface area contributed by atoms with E-state index in [-0.39, 0.29) is 5.91 Å². The second-order valence-electron chi connectivity index (χ2n) is 6.21. The van der Waals surface area contributed by atoms with Crippen LogP contribution in [0, 0.1) is 27.7 Å². The van der Waals surface area contributed by atoms with Gasteiger partial charge in [0.05, 0.1) is 11.4 Å². The number of thioether (sulfide) groups is 1. The van der Waals surface area contributed by atoms with Crippen molar-refractivity contribution < 1.29 is 4.79 Å². The molecule has 2 rings (SSSR count). The fourth-order valence-corrected chi connectivity index (χ4v) is 3.38. The fraction of sp³-hybridized carbons (Fsp3) is 0.474. The Hall–Kier alpha value is -1.75. The molecule has 5 heteroatoms. The molecule has 1 N–H and O–H groups in total. The van der Waals surface area contributed by atoms with Gasteiger partial charge in [-0.1, -0.05) is 31.2 Å². The number of benzene rings is 1. The fourth-order valence-electron chi connectivity index (χ4n) is 2.46. The topological polar surface area (TPSA) is 46.9 Å². The standard InChI is InChI=1S/C19H27N3OS/c1-6-7-10-22-16(5)15(4)20-19(22)24-12-18(23)21-17-9-8-13(2)14(3)11-17/h8-9,11H,6-7,10,12H2,1-5H3,(H,21,23). The quantitative estimate of drug-likeness (QED) is 0.743. The number of anilines is 1. The maximum Gasteiger partial charge on any atom is 0.234 e. The largest absolute Gasteiger partial charge is 0.325 e. The van der Waals surface area contributed by atoms with Crippen molar-refractivity contribution in [2.24, 2.45) is 0 Å². The average Bonchev–Trinajstić information content (AvgIpc) is 2.81. The SMILES string of the molecule is CCCCn1c(SCC(=O)Nc2ccc(C)c(C)c2)nc(C)c1C. The van der Waals surface area contributed by atoms with Crippen LogP contribution < -0.4 is 5.32 Å². The van der Waals surface area contributed by atoms with E-state index in [4.69, 9.17) is 0 Å². The molecule has 0 unspecified atom stereocenters. The van der Waals surface area contributed by atoms with E-state index in [1.54, 1.807) is 0 Å². The smallest absolute Gasteiger partial charge is 0.234 e. The lowest BCUT2D eigenvalue weighted by atomic mass is 10.1. The highest BCUT2D eigenvalue weighted by Crippen LogP contribution is 2.22. The van der Waals surface area contributed by atoms with Gasteiger partial charge in [-0.05, 0) is 57.4 Å². The third-order valence-corrected chi connectivity index (χ3v) is 5.26. The Kier molecular flexibility index (Phi) is 6.49. The minimum absolute atomic E-state index is 0.00333. The second kappa shape index (κ2) is 8.38. The van der Waals surface area contributed by atoms with E-state index in [9.17, 15) is 4.79 Å². The van der Waals surface area contributed by atoms with Crippen molar-refractivity contribution in [3.63, 3.8) is 0 Å². The Morgan fingerprint density at radius 2 is 1.96 bits per heavy atom. The molecular weight excluding hydrogens is 318 g/mol.